The molecule has 0 aliphatic carbocycles. The highest BCUT2D eigenvalue weighted by Crippen LogP contribution is 2.41. The van der Waals surface area contributed by atoms with Gasteiger partial charge in [0.15, 0.2) is 0 Å². The first-order chi connectivity index (χ1) is 13.7. The summed E-state index contributed by atoms with van der Waals surface area (Å²) in [5, 5.41) is 1.10. The summed E-state index contributed by atoms with van der Waals surface area (Å²) in [4.78, 5) is 7.30. The molecular weight excluding hydrogens is 356 g/mol. The topological polar surface area (TPSA) is 25.4 Å². The second-order valence-electron chi connectivity index (χ2n) is 9.62. The standard InChI is InChI=1S/C26H32N2O/c1-19-15-24(22-13-9-10-14-23(22)27-19)29-21-16-25(2,3)28(26(4,5)17-21)18-20-11-7-6-8-12-20/h6-15,21H,16-18H2,1-5H3. The second-order valence-corrected chi connectivity index (χ2v) is 9.62. The van der Waals surface area contributed by atoms with Crippen LogP contribution in [0.15, 0.2) is 60.7 Å². The fourth-order valence-electron chi connectivity index (χ4n) is 5.05. The molecule has 0 bridgehead atoms. The van der Waals surface area contributed by atoms with Crippen LogP contribution in [-0.4, -0.2) is 27.1 Å². The minimum Gasteiger partial charge on any atom is -0.490 e. The Morgan fingerprint density at radius 3 is 2.24 bits per heavy atom. The quantitative estimate of drug-likeness (QED) is 0.536. The van der Waals surface area contributed by atoms with Crippen molar-refractivity contribution in [3.8, 4) is 5.75 Å². The molecule has 0 saturated carbocycles. The monoisotopic (exact) mass is 388 g/mol. The Bertz CT molecular complexity index is 976. The van der Waals surface area contributed by atoms with Crippen LogP contribution in [-0.2, 0) is 6.54 Å². The van der Waals surface area contributed by atoms with Crippen LogP contribution in [0.4, 0.5) is 0 Å². The molecule has 3 aromatic rings. The maximum absolute atomic E-state index is 6.65. The van der Waals surface area contributed by atoms with Crippen molar-refractivity contribution in [1.82, 2.24) is 9.88 Å². The molecular formula is C26H32N2O. The van der Waals surface area contributed by atoms with Crippen molar-refractivity contribution in [3.63, 3.8) is 0 Å². The number of hydrogen-bond donors (Lipinski definition) is 0. The number of aromatic nitrogens is 1. The highest BCUT2D eigenvalue weighted by Gasteiger charge is 2.46. The van der Waals surface area contributed by atoms with Crippen molar-refractivity contribution < 1.29 is 4.74 Å². The van der Waals surface area contributed by atoms with Crippen molar-refractivity contribution in [3.05, 3.63) is 71.9 Å². The predicted molar refractivity (Wildman–Crippen MR) is 120 cm³/mol. The van der Waals surface area contributed by atoms with Gasteiger partial charge in [0.2, 0.25) is 0 Å². The largest absolute Gasteiger partial charge is 0.490 e. The maximum atomic E-state index is 6.65. The van der Waals surface area contributed by atoms with E-state index >= 15 is 0 Å². The van der Waals surface area contributed by atoms with E-state index in [4.69, 9.17) is 4.74 Å². The van der Waals surface area contributed by atoms with E-state index in [1.165, 1.54) is 5.56 Å². The molecule has 3 heteroatoms. The number of nitrogens with zero attached hydrogens (tertiary/aromatic N) is 2. The number of rotatable bonds is 4. The number of piperidine rings is 1. The normalized spacial score (nSPS) is 19.3. The van der Waals surface area contributed by atoms with Crippen molar-refractivity contribution in [1.29, 1.82) is 0 Å². The lowest BCUT2D eigenvalue weighted by atomic mass is 9.77. The van der Waals surface area contributed by atoms with Crippen LogP contribution in [0.2, 0.25) is 0 Å². The van der Waals surface area contributed by atoms with Gasteiger partial charge in [-0.2, -0.15) is 0 Å². The highest BCUT2D eigenvalue weighted by atomic mass is 16.5. The van der Waals surface area contributed by atoms with E-state index in [9.17, 15) is 0 Å². The number of pyridine rings is 1. The summed E-state index contributed by atoms with van der Waals surface area (Å²) < 4.78 is 6.65. The first kappa shape index (κ1) is 19.9. The SMILES string of the molecule is Cc1cc(OC2CC(C)(C)N(Cc3ccccc3)C(C)(C)C2)c2ccccc2n1. The van der Waals surface area contributed by atoms with Crippen molar-refractivity contribution in [2.24, 2.45) is 0 Å². The van der Waals surface area contributed by atoms with Gasteiger partial charge in [0.05, 0.1) is 5.52 Å². The average molecular weight is 389 g/mol. The van der Waals surface area contributed by atoms with E-state index in [1.807, 2.05) is 13.0 Å². The molecule has 0 amide bonds. The minimum atomic E-state index is 0.0418. The zero-order valence-corrected chi connectivity index (χ0v) is 18.3. The van der Waals surface area contributed by atoms with Crippen LogP contribution in [0, 0.1) is 6.92 Å². The van der Waals surface area contributed by atoms with Crippen LogP contribution >= 0.6 is 0 Å². The lowest BCUT2D eigenvalue weighted by Gasteiger charge is -2.55. The molecule has 1 aliphatic heterocycles. The summed E-state index contributed by atoms with van der Waals surface area (Å²) in [6, 6.07) is 21.1. The molecule has 1 fully saturated rings. The summed E-state index contributed by atoms with van der Waals surface area (Å²) in [6.07, 6.45) is 2.18. The van der Waals surface area contributed by atoms with E-state index in [0.29, 0.717) is 0 Å². The Balaban J connectivity index is 1.59. The van der Waals surface area contributed by atoms with Gasteiger partial charge in [0.1, 0.15) is 11.9 Å². The Morgan fingerprint density at radius 2 is 1.55 bits per heavy atom. The lowest BCUT2D eigenvalue weighted by molar-refractivity contribution is -0.0785. The van der Waals surface area contributed by atoms with E-state index in [2.05, 4.69) is 92.2 Å². The zero-order valence-electron chi connectivity index (χ0n) is 18.3. The highest BCUT2D eigenvalue weighted by molar-refractivity contribution is 5.85. The Morgan fingerprint density at radius 1 is 0.931 bits per heavy atom. The molecule has 29 heavy (non-hydrogen) atoms. The molecule has 2 heterocycles. The number of ether oxygens (including phenoxy) is 1. The number of fused-ring (bicyclic) bond motifs is 1. The average Bonchev–Trinajstić information content (AvgIpc) is 2.65. The third-order valence-corrected chi connectivity index (χ3v) is 6.20. The van der Waals surface area contributed by atoms with Gasteiger partial charge in [0.25, 0.3) is 0 Å². The number of para-hydroxylation sites is 1. The Labute approximate surface area is 174 Å². The molecule has 1 aliphatic rings. The molecule has 1 saturated heterocycles. The smallest absolute Gasteiger partial charge is 0.130 e. The van der Waals surface area contributed by atoms with Gasteiger partial charge in [-0.1, -0.05) is 42.5 Å². The van der Waals surface area contributed by atoms with Gasteiger partial charge in [-0.05, 0) is 52.3 Å². The van der Waals surface area contributed by atoms with Gasteiger partial charge in [-0.25, -0.2) is 0 Å². The Kier molecular flexibility index (Phi) is 5.12. The fraction of sp³-hybridized carbons (Fsp3) is 0.423. The van der Waals surface area contributed by atoms with Crippen molar-refractivity contribution in [2.75, 3.05) is 0 Å². The van der Waals surface area contributed by atoms with Gasteiger partial charge in [-0.3, -0.25) is 9.88 Å². The first-order valence-corrected chi connectivity index (χ1v) is 10.6. The minimum absolute atomic E-state index is 0.0418. The first-order valence-electron chi connectivity index (χ1n) is 10.6. The van der Waals surface area contributed by atoms with E-state index in [1.54, 1.807) is 0 Å². The van der Waals surface area contributed by atoms with Crippen LogP contribution < -0.4 is 4.74 Å². The number of likely N-dealkylation sites (tertiary alicyclic amines) is 1. The molecule has 3 nitrogen and oxygen atoms in total. The fourth-order valence-corrected chi connectivity index (χ4v) is 5.05. The molecule has 0 unspecified atom stereocenters. The Hall–Kier alpha value is -2.39. The molecule has 2 aromatic carbocycles. The van der Waals surface area contributed by atoms with Crippen LogP contribution in [0.3, 0.4) is 0 Å². The molecule has 0 spiro atoms. The van der Waals surface area contributed by atoms with Crippen LogP contribution in [0.1, 0.15) is 51.8 Å². The van der Waals surface area contributed by atoms with Crippen LogP contribution in [0.5, 0.6) is 5.75 Å². The van der Waals surface area contributed by atoms with Gasteiger partial charge >= 0.3 is 0 Å². The number of aryl methyl sites for hydroxylation is 1. The summed E-state index contributed by atoms with van der Waals surface area (Å²) >= 11 is 0. The van der Waals surface area contributed by atoms with E-state index in [-0.39, 0.29) is 17.2 Å². The zero-order chi connectivity index (χ0) is 20.6. The second kappa shape index (κ2) is 7.46. The summed E-state index contributed by atoms with van der Waals surface area (Å²) in [6.45, 7) is 12.4. The van der Waals surface area contributed by atoms with E-state index < -0.39 is 0 Å². The summed E-state index contributed by atoms with van der Waals surface area (Å²) in [5.41, 5.74) is 3.45. The third-order valence-electron chi connectivity index (χ3n) is 6.20. The molecule has 0 atom stereocenters. The molecule has 152 valence electrons. The maximum Gasteiger partial charge on any atom is 0.130 e. The number of benzene rings is 2. The third kappa shape index (κ3) is 4.16. The van der Waals surface area contributed by atoms with Gasteiger partial charge < -0.3 is 4.74 Å². The molecule has 1 aromatic heterocycles. The molecule has 0 radical (unpaired) electrons. The molecule has 4 rings (SSSR count). The van der Waals surface area contributed by atoms with Crippen LogP contribution in [0.25, 0.3) is 10.9 Å². The predicted octanol–water partition coefficient (Wildman–Crippen LogP) is 6.14. The van der Waals surface area contributed by atoms with Crippen molar-refractivity contribution in [2.45, 2.75) is 71.2 Å². The van der Waals surface area contributed by atoms with Gasteiger partial charge in [0, 0.05) is 47.6 Å². The van der Waals surface area contributed by atoms with Crippen molar-refractivity contribution >= 4 is 10.9 Å². The number of hydrogen-bond acceptors (Lipinski definition) is 3. The van der Waals surface area contributed by atoms with E-state index in [0.717, 1.165) is 41.7 Å². The molecule has 0 N–H and O–H groups in total. The summed E-state index contributed by atoms with van der Waals surface area (Å²) in [7, 11) is 0. The lowest BCUT2D eigenvalue weighted by Crippen LogP contribution is -2.62. The summed E-state index contributed by atoms with van der Waals surface area (Å²) in [5.74, 6) is 0.959. The van der Waals surface area contributed by atoms with Gasteiger partial charge in [-0.15, -0.1) is 0 Å².